The molecule has 7 nitrogen and oxygen atoms in total. The molecule has 0 aliphatic carbocycles. The minimum Gasteiger partial charge on any atom is -0.366 e. The van der Waals surface area contributed by atoms with Gasteiger partial charge in [-0.2, -0.15) is 5.10 Å². The van der Waals surface area contributed by atoms with Crippen molar-refractivity contribution in [2.24, 2.45) is 0 Å². The van der Waals surface area contributed by atoms with Crippen molar-refractivity contribution in [1.29, 1.82) is 0 Å². The molecule has 4 rings (SSSR count). The van der Waals surface area contributed by atoms with E-state index in [1.807, 2.05) is 35.6 Å². The number of para-hydroxylation sites is 1. The number of aromatic nitrogens is 4. The molecule has 2 aromatic heterocycles. The third kappa shape index (κ3) is 2.65. The Kier molecular flexibility index (Phi) is 3.91. The van der Waals surface area contributed by atoms with E-state index in [4.69, 9.17) is 0 Å². The Bertz CT molecular complexity index is 903. The lowest BCUT2D eigenvalue weighted by molar-refractivity contribution is 0.0746. The van der Waals surface area contributed by atoms with Crippen LogP contribution in [0.5, 0.6) is 0 Å². The van der Waals surface area contributed by atoms with Crippen LogP contribution < -0.4 is 4.90 Å². The number of imidazole rings is 1. The van der Waals surface area contributed by atoms with Crippen LogP contribution in [0, 0.1) is 6.92 Å². The molecule has 0 radical (unpaired) electrons. The van der Waals surface area contributed by atoms with Crippen LogP contribution in [0.3, 0.4) is 0 Å². The summed E-state index contributed by atoms with van der Waals surface area (Å²) in [7, 11) is 0. The van der Waals surface area contributed by atoms with E-state index in [1.54, 1.807) is 12.5 Å². The Morgan fingerprint density at radius 2 is 2.04 bits per heavy atom. The van der Waals surface area contributed by atoms with Crippen LogP contribution in [-0.2, 0) is 6.54 Å². The van der Waals surface area contributed by atoms with Crippen molar-refractivity contribution in [2.45, 2.75) is 20.4 Å². The van der Waals surface area contributed by atoms with Crippen LogP contribution in [0.1, 0.15) is 23.0 Å². The number of carbonyl (C=O) groups excluding carboxylic acids is 1. The first-order chi connectivity index (χ1) is 12.2. The first-order valence-electron chi connectivity index (χ1n) is 8.67. The number of aromatic amines is 1. The smallest absolute Gasteiger partial charge is 0.257 e. The number of hydrogen-bond donors (Lipinski definition) is 1. The van der Waals surface area contributed by atoms with Gasteiger partial charge < -0.3 is 14.8 Å². The summed E-state index contributed by atoms with van der Waals surface area (Å²) in [6.07, 6.45) is 3.42. The van der Waals surface area contributed by atoms with Crippen LogP contribution >= 0.6 is 0 Å². The van der Waals surface area contributed by atoms with Crippen molar-refractivity contribution in [3.05, 3.63) is 42.0 Å². The molecule has 1 saturated heterocycles. The zero-order chi connectivity index (χ0) is 17.4. The van der Waals surface area contributed by atoms with Crippen LogP contribution in [-0.4, -0.2) is 56.7 Å². The zero-order valence-electron chi connectivity index (χ0n) is 14.6. The molecule has 1 aliphatic heterocycles. The molecule has 0 saturated carbocycles. The largest absolute Gasteiger partial charge is 0.366 e. The number of nitrogens with one attached hydrogen (secondary N) is 1. The second-order valence-electron chi connectivity index (χ2n) is 6.31. The minimum atomic E-state index is 0.0785. The molecule has 3 aromatic rings. The molecule has 1 aromatic carbocycles. The summed E-state index contributed by atoms with van der Waals surface area (Å²) in [5.74, 6) is 0.0785. The summed E-state index contributed by atoms with van der Waals surface area (Å²) in [6, 6.07) is 6.16. The maximum atomic E-state index is 12.8. The lowest BCUT2D eigenvalue weighted by Gasteiger charge is -2.36. The molecule has 1 aliphatic rings. The second-order valence-corrected chi connectivity index (χ2v) is 6.31. The van der Waals surface area contributed by atoms with E-state index in [9.17, 15) is 4.79 Å². The third-order valence-electron chi connectivity index (χ3n) is 4.97. The number of nitrogens with zero attached hydrogens (tertiary/aromatic N) is 5. The summed E-state index contributed by atoms with van der Waals surface area (Å²) >= 11 is 0. The normalized spacial score (nSPS) is 15.1. The third-order valence-corrected chi connectivity index (χ3v) is 4.97. The first kappa shape index (κ1) is 15.7. The number of rotatable bonds is 3. The summed E-state index contributed by atoms with van der Waals surface area (Å²) < 4.78 is 1.86. The minimum absolute atomic E-state index is 0.0785. The number of H-pyrrole nitrogens is 1. The molecule has 3 heterocycles. The van der Waals surface area contributed by atoms with Gasteiger partial charge in [0, 0.05) is 38.4 Å². The van der Waals surface area contributed by atoms with Gasteiger partial charge in [0.1, 0.15) is 5.52 Å². The second kappa shape index (κ2) is 6.23. The number of benzene rings is 1. The summed E-state index contributed by atoms with van der Waals surface area (Å²) in [5.41, 5.74) is 4.81. The van der Waals surface area contributed by atoms with Gasteiger partial charge in [0.2, 0.25) is 0 Å². The topological polar surface area (TPSA) is 70.1 Å². The Balaban J connectivity index is 1.49. The van der Waals surface area contributed by atoms with E-state index >= 15 is 0 Å². The molecule has 7 heteroatoms. The Morgan fingerprint density at radius 1 is 1.24 bits per heavy atom. The standard InChI is InChI=1S/C18H22N6O/c1-3-24-13(2)14(11-21-24)18(25)23-9-7-22(8-10-23)16-6-4-5-15-17(16)20-12-19-15/h4-6,11-12H,3,7-10H2,1-2H3,(H,19,20). The van der Waals surface area contributed by atoms with Crippen molar-refractivity contribution in [2.75, 3.05) is 31.1 Å². The van der Waals surface area contributed by atoms with Gasteiger partial charge in [0.15, 0.2) is 0 Å². The van der Waals surface area contributed by atoms with E-state index in [0.29, 0.717) is 18.7 Å². The maximum Gasteiger partial charge on any atom is 0.257 e. The highest BCUT2D eigenvalue weighted by Gasteiger charge is 2.25. The fraction of sp³-hybridized carbons (Fsp3) is 0.389. The number of amides is 1. The van der Waals surface area contributed by atoms with Gasteiger partial charge in [-0.25, -0.2) is 4.98 Å². The molecule has 1 fully saturated rings. The van der Waals surface area contributed by atoms with Crippen molar-refractivity contribution in [3.8, 4) is 0 Å². The molecule has 25 heavy (non-hydrogen) atoms. The molecule has 1 N–H and O–H groups in total. The molecule has 1 amide bonds. The fourth-order valence-corrected chi connectivity index (χ4v) is 3.50. The van der Waals surface area contributed by atoms with Gasteiger partial charge in [0.05, 0.1) is 29.3 Å². The Hall–Kier alpha value is -2.83. The van der Waals surface area contributed by atoms with Gasteiger partial charge in [-0.15, -0.1) is 0 Å². The zero-order valence-corrected chi connectivity index (χ0v) is 14.6. The number of piperazine rings is 1. The molecule has 0 unspecified atom stereocenters. The molecule has 0 bridgehead atoms. The highest BCUT2D eigenvalue weighted by atomic mass is 16.2. The van der Waals surface area contributed by atoms with Gasteiger partial charge >= 0.3 is 0 Å². The molecular formula is C18H22N6O. The highest BCUT2D eigenvalue weighted by molar-refractivity contribution is 5.95. The summed E-state index contributed by atoms with van der Waals surface area (Å²) in [4.78, 5) is 24.6. The van der Waals surface area contributed by atoms with E-state index in [0.717, 1.165) is 42.0 Å². The molecule has 0 atom stereocenters. The van der Waals surface area contributed by atoms with Crippen molar-refractivity contribution in [1.82, 2.24) is 24.6 Å². The molecular weight excluding hydrogens is 316 g/mol. The Labute approximate surface area is 146 Å². The molecule has 0 spiro atoms. The molecule has 130 valence electrons. The fourth-order valence-electron chi connectivity index (χ4n) is 3.50. The van der Waals surface area contributed by atoms with Crippen molar-refractivity contribution in [3.63, 3.8) is 0 Å². The predicted molar refractivity (Wildman–Crippen MR) is 96.8 cm³/mol. The predicted octanol–water partition coefficient (Wildman–Crippen LogP) is 2.05. The van der Waals surface area contributed by atoms with Gasteiger partial charge in [-0.3, -0.25) is 9.48 Å². The number of anilines is 1. The average Bonchev–Trinajstić information content (AvgIpc) is 3.27. The summed E-state index contributed by atoms with van der Waals surface area (Å²) in [6.45, 7) is 7.78. The van der Waals surface area contributed by atoms with Crippen LogP contribution in [0.4, 0.5) is 5.69 Å². The van der Waals surface area contributed by atoms with E-state index in [1.165, 1.54) is 0 Å². The van der Waals surface area contributed by atoms with Crippen LogP contribution in [0.25, 0.3) is 11.0 Å². The summed E-state index contributed by atoms with van der Waals surface area (Å²) in [5, 5.41) is 4.29. The quantitative estimate of drug-likeness (QED) is 0.793. The van der Waals surface area contributed by atoms with Gasteiger partial charge in [-0.05, 0) is 26.0 Å². The van der Waals surface area contributed by atoms with Crippen molar-refractivity contribution < 1.29 is 4.79 Å². The number of aryl methyl sites for hydroxylation is 1. The van der Waals surface area contributed by atoms with E-state index in [2.05, 4.69) is 26.0 Å². The maximum absolute atomic E-state index is 12.8. The lowest BCUT2D eigenvalue weighted by Crippen LogP contribution is -2.49. The van der Waals surface area contributed by atoms with Crippen LogP contribution in [0.2, 0.25) is 0 Å². The lowest BCUT2D eigenvalue weighted by atomic mass is 10.2. The van der Waals surface area contributed by atoms with E-state index in [-0.39, 0.29) is 5.91 Å². The van der Waals surface area contributed by atoms with Crippen LogP contribution in [0.15, 0.2) is 30.7 Å². The first-order valence-corrected chi connectivity index (χ1v) is 8.67. The number of hydrogen-bond acceptors (Lipinski definition) is 4. The Morgan fingerprint density at radius 3 is 2.76 bits per heavy atom. The van der Waals surface area contributed by atoms with E-state index < -0.39 is 0 Å². The highest BCUT2D eigenvalue weighted by Crippen LogP contribution is 2.25. The van der Waals surface area contributed by atoms with Gasteiger partial charge in [0.25, 0.3) is 5.91 Å². The van der Waals surface area contributed by atoms with Gasteiger partial charge in [-0.1, -0.05) is 6.07 Å². The monoisotopic (exact) mass is 338 g/mol. The SMILES string of the molecule is CCn1ncc(C(=O)N2CCN(c3cccc4[nH]cnc34)CC2)c1C. The number of carbonyl (C=O) groups is 1. The average molecular weight is 338 g/mol. The number of fused-ring (bicyclic) bond motifs is 1. The van der Waals surface area contributed by atoms with Crippen molar-refractivity contribution >= 4 is 22.6 Å².